The van der Waals surface area contributed by atoms with Crippen LogP contribution >= 0.6 is 0 Å². The van der Waals surface area contributed by atoms with Crippen LogP contribution in [0.2, 0.25) is 0 Å². The van der Waals surface area contributed by atoms with Gasteiger partial charge >= 0.3 is 0 Å². The Morgan fingerprint density at radius 1 is 1.11 bits per heavy atom. The number of hydrogen-bond donors (Lipinski definition) is 1. The number of nitrogens with zero attached hydrogens (tertiary/aromatic N) is 4. The third kappa shape index (κ3) is 3.62. The van der Waals surface area contributed by atoms with Crippen LogP contribution in [0.1, 0.15) is 29.6 Å². The van der Waals surface area contributed by atoms with Crippen LogP contribution in [0.3, 0.4) is 0 Å². The molecule has 0 bridgehead atoms. The standard InChI is InChI=1S/C22H28N4O/c1-4-26-16(3)20(15(2)24-26)13-25-12-18(22(27)14-25)11-19-10-9-17-7-5-6-8-21(17)23-19/h5-10,18,22,27H,4,11-14H2,1-3H3/t18-,22-/m1/s1. The van der Waals surface area contributed by atoms with Crippen LogP contribution in [0, 0.1) is 19.8 Å². The third-order valence-electron chi connectivity index (χ3n) is 5.82. The van der Waals surface area contributed by atoms with Gasteiger partial charge in [0.25, 0.3) is 0 Å². The highest BCUT2D eigenvalue weighted by molar-refractivity contribution is 5.78. The van der Waals surface area contributed by atoms with E-state index in [4.69, 9.17) is 4.98 Å². The Hall–Kier alpha value is -2.24. The molecule has 0 aliphatic carbocycles. The summed E-state index contributed by atoms with van der Waals surface area (Å²) in [7, 11) is 0. The highest BCUT2D eigenvalue weighted by Gasteiger charge is 2.32. The smallest absolute Gasteiger partial charge is 0.0711 e. The molecular formula is C22H28N4O. The molecule has 142 valence electrons. The molecule has 3 heterocycles. The Kier molecular flexibility index (Phi) is 4.98. The minimum Gasteiger partial charge on any atom is -0.391 e. The van der Waals surface area contributed by atoms with Gasteiger partial charge in [0.05, 0.1) is 17.3 Å². The third-order valence-corrected chi connectivity index (χ3v) is 5.82. The Bertz CT molecular complexity index is 949. The molecule has 1 saturated heterocycles. The van der Waals surface area contributed by atoms with E-state index >= 15 is 0 Å². The van der Waals surface area contributed by atoms with Gasteiger partial charge in [-0.15, -0.1) is 0 Å². The normalized spacial score (nSPS) is 20.6. The number of aliphatic hydroxyl groups is 1. The Labute approximate surface area is 160 Å². The van der Waals surface area contributed by atoms with Crippen molar-refractivity contribution in [1.29, 1.82) is 0 Å². The largest absolute Gasteiger partial charge is 0.391 e. The summed E-state index contributed by atoms with van der Waals surface area (Å²) < 4.78 is 2.06. The first-order valence-electron chi connectivity index (χ1n) is 9.83. The average Bonchev–Trinajstić information content (AvgIpc) is 3.15. The van der Waals surface area contributed by atoms with Crippen LogP contribution in [0.15, 0.2) is 36.4 Å². The number of β-amino-alcohol motifs (C(OH)–C–C–N with tert-alkyl or cyclic N) is 1. The zero-order valence-electron chi connectivity index (χ0n) is 16.4. The van der Waals surface area contributed by atoms with Gasteiger partial charge in [-0.1, -0.05) is 24.3 Å². The fourth-order valence-corrected chi connectivity index (χ4v) is 4.26. The summed E-state index contributed by atoms with van der Waals surface area (Å²) >= 11 is 0. The van der Waals surface area contributed by atoms with Crippen LogP contribution in [0.25, 0.3) is 10.9 Å². The predicted octanol–water partition coefficient (Wildman–Crippen LogP) is 3.10. The molecule has 3 aromatic rings. The minimum atomic E-state index is -0.305. The molecular weight excluding hydrogens is 336 g/mol. The number of fused-ring (bicyclic) bond motifs is 1. The lowest BCUT2D eigenvalue weighted by molar-refractivity contribution is 0.140. The monoisotopic (exact) mass is 364 g/mol. The molecule has 0 spiro atoms. The summed E-state index contributed by atoms with van der Waals surface area (Å²) in [6.07, 6.45) is 0.509. The van der Waals surface area contributed by atoms with E-state index in [0.29, 0.717) is 6.54 Å². The van der Waals surface area contributed by atoms with Crippen molar-refractivity contribution < 1.29 is 5.11 Å². The van der Waals surface area contributed by atoms with Gasteiger partial charge in [-0.2, -0.15) is 5.10 Å². The number of aromatic nitrogens is 3. The van der Waals surface area contributed by atoms with Crippen LogP contribution < -0.4 is 0 Å². The number of aliphatic hydroxyl groups excluding tert-OH is 1. The lowest BCUT2D eigenvalue weighted by Crippen LogP contribution is -2.22. The summed E-state index contributed by atoms with van der Waals surface area (Å²) in [6.45, 7) is 9.71. The topological polar surface area (TPSA) is 54.2 Å². The van der Waals surface area contributed by atoms with Gasteiger partial charge in [0.1, 0.15) is 0 Å². The van der Waals surface area contributed by atoms with E-state index in [1.165, 1.54) is 11.3 Å². The van der Waals surface area contributed by atoms with Crippen molar-refractivity contribution in [3.05, 3.63) is 59.0 Å². The summed E-state index contributed by atoms with van der Waals surface area (Å²) in [5.41, 5.74) is 5.73. The van der Waals surface area contributed by atoms with E-state index in [1.807, 2.05) is 18.2 Å². The highest BCUT2D eigenvalue weighted by Crippen LogP contribution is 2.25. The molecule has 1 aromatic carbocycles. The number of likely N-dealkylation sites (tertiary alicyclic amines) is 1. The van der Waals surface area contributed by atoms with Gasteiger partial charge in [-0.25, -0.2) is 0 Å². The molecule has 1 fully saturated rings. The van der Waals surface area contributed by atoms with Crippen LogP contribution in [-0.2, 0) is 19.5 Å². The first kappa shape index (κ1) is 18.1. The molecule has 0 amide bonds. The molecule has 4 rings (SSSR count). The quantitative estimate of drug-likeness (QED) is 0.756. The predicted molar refractivity (Wildman–Crippen MR) is 108 cm³/mol. The number of benzene rings is 1. The molecule has 1 aliphatic rings. The highest BCUT2D eigenvalue weighted by atomic mass is 16.3. The SMILES string of the molecule is CCn1nc(C)c(CN2C[C@@H](Cc3ccc4ccccc4n3)[C@H](O)C2)c1C. The van der Waals surface area contributed by atoms with Crippen molar-refractivity contribution in [2.45, 2.75) is 46.4 Å². The summed E-state index contributed by atoms with van der Waals surface area (Å²) in [4.78, 5) is 7.14. The second kappa shape index (κ2) is 7.41. The fraction of sp³-hybridized carbons (Fsp3) is 0.455. The Morgan fingerprint density at radius 2 is 1.93 bits per heavy atom. The number of hydrogen-bond acceptors (Lipinski definition) is 4. The van der Waals surface area contributed by atoms with Gasteiger partial charge in [0, 0.05) is 54.4 Å². The van der Waals surface area contributed by atoms with Gasteiger partial charge in [0.2, 0.25) is 0 Å². The van der Waals surface area contributed by atoms with E-state index in [9.17, 15) is 5.11 Å². The lowest BCUT2D eigenvalue weighted by atomic mass is 9.99. The molecule has 1 aliphatic heterocycles. The average molecular weight is 364 g/mol. The molecule has 0 radical (unpaired) electrons. The van der Waals surface area contributed by atoms with Crippen LogP contribution in [0.5, 0.6) is 0 Å². The molecule has 5 heteroatoms. The van der Waals surface area contributed by atoms with E-state index in [1.54, 1.807) is 0 Å². The summed E-state index contributed by atoms with van der Waals surface area (Å²) in [5.74, 6) is 0.223. The second-order valence-electron chi connectivity index (χ2n) is 7.69. The number of rotatable bonds is 5. The molecule has 2 atom stereocenters. The molecule has 5 nitrogen and oxygen atoms in total. The zero-order chi connectivity index (χ0) is 19.0. The van der Waals surface area contributed by atoms with Crippen LogP contribution in [-0.4, -0.2) is 44.0 Å². The second-order valence-corrected chi connectivity index (χ2v) is 7.69. The van der Waals surface area contributed by atoms with Crippen molar-refractivity contribution in [3.63, 3.8) is 0 Å². The van der Waals surface area contributed by atoms with Crippen molar-refractivity contribution >= 4 is 10.9 Å². The van der Waals surface area contributed by atoms with Crippen molar-refractivity contribution in [1.82, 2.24) is 19.7 Å². The van der Waals surface area contributed by atoms with E-state index in [-0.39, 0.29) is 12.0 Å². The van der Waals surface area contributed by atoms with Crippen molar-refractivity contribution in [2.24, 2.45) is 5.92 Å². The first-order chi connectivity index (χ1) is 13.0. The van der Waals surface area contributed by atoms with Crippen molar-refractivity contribution in [2.75, 3.05) is 13.1 Å². The summed E-state index contributed by atoms with van der Waals surface area (Å²) in [5, 5.41) is 16.4. The molecule has 0 unspecified atom stereocenters. The molecule has 0 saturated carbocycles. The van der Waals surface area contributed by atoms with E-state index < -0.39 is 0 Å². The van der Waals surface area contributed by atoms with E-state index in [2.05, 4.69) is 53.7 Å². The minimum absolute atomic E-state index is 0.223. The molecule has 2 aromatic heterocycles. The maximum absolute atomic E-state index is 10.6. The van der Waals surface area contributed by atoms with Gasteiger partial charge in [-0.05, 0) is 39.3 Å². The summed E-state index contributed by atoms with van der Waals surface area (Å²) in [6, 6.07) is 12.4. The fourth-order valence-electron chi connectivity index (χ4n) is 4.26. The Morgan fingerprint density at radius 3 is 2.70 bits per heavy atom. The number of aryl methyl sites for hydroxylation is 2. The first-order valence-corrected chi connectivity index (χ1v) is 9.83. The van der Waals surface area contributed by atoms with E-state index in [0.717, 1.165) is 48.3 Å². The molecule has 1 N–H and O–H groups in total. The number of pyridine rings is 1. The maximum atomic E-state index is 10.6. The van der Waals surface area contributed by atoms with Gasteiger partial charge in [0.15, 0.2) is 0 Å². The zero-order valence-corrected chi connectivity index (χ0v) is 16.4. The van der Waals surface area contributed by atoms with Crippen LogP contribution in [0.4, 0.5) is 0 Å². The Balaban J connectivity index is 1.45. The van der Waals surface area contributed by atoms with Gasteiger partial charge in [-0.3, -0.25) is 14.6 Å². The molecule has 27 heavy (non-hydrogen) atoms. The van der Waals surface area contributed by atoms with Gasteiger partial charge < -0.3 is 5.11 Å². The maximum Gasteiger partial charge on any atom is 0.0711 e. The lowest BCUT2D eigenvalue weighted by Gasteiger charge is -2.16. The van der Waals surface area contributed by atoms with Crippen molar-refractivity contribution in [3.8, 4) is 0 Å². The number of para-hydroxylation sites is 1.